The van der Waals surface area contributed by atoms with E-state index in [0.29, 0.717) is 0 Å². The molecule has 0 heterocycles. The van der Waals surface area contributed by atoms with E-state index in [2.05, 4.69) is 4.74 Å². The second-order valence-corrected chi connectivity index (χ2v) is 2.21. The van der Waals surface area contributed by atoms with Crippen LogP contribution in [0.4, 0.5) is 0 Å². The first-order valence-corrected chi connectivity index (χ1v) is 2.36. The van der Waals surface area contributed by atoms with Crippen LogP contribution in [-0.4, -0.2) is 24.1 Å². The van der Waals surface area contributed by atoms with E-state index in [1.807, 2.05) is 0 Å². The van der Waals surface area contributed by atoms with Crippen molar-refractivity contribution < 1.29 is 15.0 Å². The van der Waals surface area contributed by atoms with E-state index in [1.165, 1.54) is 7.11 Å². The lowest BCUT2D eigenvalue weighted by Crippen LogP contribution is -2.42. The third-order valence-corrected chi connectivity index (χ3v) is 0.711. The zero-order valence-corrected chi connectivity index (χ0v) is 5.89. The van der Waals surface area contributed by atoms with Gasteiger partial charge in [0.15, 0.2) is 0 Å². The van der Waals surface area contributed by atoms with Gasteiger partial charge in [0.05, 0.1) is 7.11 Å². The van der Waals surface area contributed by atoms with E-state index in [4.69, 9.17) is 5.73 Å². The van der Waals surface area contributed by atoms with Crippen LogP contribution in [0.1, 0.15) is 13.8 Å². The van der Waals surface area contributed by atoms with Gasteiger partial charge >= 0.3 is 5.97 Å². The zero-order valence-electron chi connectivity index (χ0n) is 5.89. The summed E-state index contributed by atoms with van der Waals surface area (Å²) in [5.74, 6) is -0.391. The van der Waals surface area contributed by atoms with Crippen molar-refractivity contribution in [2.75, 3.05) is 7.11 Å². The number of carbonyl (C=O) groups excluding carboxylic acids is 1. The topological polar surface area (TPSA) is 83.8 Å². The molecule has 0 spiro atoms. The van der Waals surface area contributed by atoms with Crippen LogP contribution in [0.2, 0.25) is 0 Å². The van der Waals surface area contributed by atoms with Crippen molar-refractivity contribution in [3.05, 3.63) is 0 Å². The smallest absolute Gasteiger partial charge is 0.325 e. The zero-order chi connectivity index (χ0) is 6.78. The third-order valence-electron chi connectivity index (χ3n) is 0.711. The highest BCUT2D eigenvalue weighted by Gasteiger charge is 2.21. The summed E-state index contributed by atoms with van der Waals surface area (Å²) in [6, 6.07) is 0. The maximum Gasteiger partial charge on any atom is 0.325 e. The molecule has 0 saturated carbocycles. The molecule has 0 aliphatic carbocycles. The van der Waals surface area contributed by atoms with Crippen molar-refractivity contribution in [2.24, 2.45) is 5.73 Å². The van der Waals surface area contributed by atoms with E-state index in [0.717, 1.165) is 0 Å². The number of nitrogens with two attached hydrogens (primary N) is 1. The van der Waals surface area contributed by atoms with Crippen molar-refractivity contribution in [1.82, 2.24) is 0 Å². The second-order valence-electron chi connectivity index (χ2n) is 2.21. The summed E-state index contributed by atoms with van der Waals surface area (Å²) in [5.41, 5.74) is 4.46. The van der Waals surface area contributed by atoms with Crippen LogP contribution in [0.15, 0.2) is 0 Å². The van der Waals surface area contributed by atoms with Gasteiger partial charge in [-0.15, -0.1) is 0 Å². The molecule has 0 aromatic heterocycles. The Morgan fingerprint density at radius 2 is 1.89 bits per heavy atom. The number of carbonyl (C=O) groups is 1. The van der Waals surface area contributed by atoms with Gasteiger partial charge in [0.2, 0.25) is 0 Å². The maximum absolute atomic E-state index is 10.5. The van der Waals surface area contributed by atoms with Crippen LogP contribution >= 0.6 is 0 Å². The van der Waals surface area contributed by atoms with Crippen molar-refractivity contribution >= 4 is 5.97 Å². The van der Waals surface area contributed by atoms with Crippen LogP contribution in [0, 0.1) is 0 Å². The number of esters is 1. The van der Waals surface area contributed by atoms with Gasteiger partial charge in [-0.2, -0.15) is 0 Å². The molecule has 4 nitrogen and oxygen atoms in total. The molecule has 0 aromatic rings. The summed E-state index contributed by atoms with van der Waals surface area (Å²) in [4.78, 5) is 10.5. The number of methoxy groups -OCH3 is 1. The Labute approximate surface area is 54.3 Å². The van der Waals surface area contributed by atoms with Gasteiger partial charge in [-0.05, 0) is 13.8 Å². The highest BCUT2D eigenvalue weighted by Crippen LogP contribution is 1.97. The van der Waals surface area contributed by atoms with Crippen LogP contribution in [0.25, 0.3) is 0 Å². The Hall–Kier alpha value is -0.610. The van der Waals surface area contributed by atoms with Gasteiger partial charge < -0.3 is 15.9 Å². The molecule has 56 valence electrons. The van der Waals surface area contributed by atoms with E-state index < -0.39 is 11.5 Å². The number of hydrogen-bond donors (Lipinski definition) is 1. The van der Waals surface area contributed by atoms with Gasteiger partial charge in [0.1, 0.15) is 5.54 Å². The lowest BCUT2D eigenvalue weighted by molar-refractivity contribution is -0.145. The minimum absolute atomic E-state index is 0. The van der Waals surface area contributed by atoms with Crippen molar-refractivity contribution in [1.29, 1.82) is 0 Å². The Kier molecular flexibility index (Phi) is 4.27. The standard InChI is InChI=1S/C5H11NO2.H2O/c1-5(2,6)4(7)8-3;/h6H2,1-3H3;1H2. The molecule has 0 rings (SSSR count). The molecule has 9 heavy (non-hydrogen) atoms. The molecule has 0 atom stereocenters. The molecule has 0 aromatic carbocycles. The summed E-state index contributed by atoms with van der Waals surface area (Å²) in [5, 5.41) is 0. The minimum Gasteiger partial charge on any atom is -0.468 e. The first-order valence-electron chi connectivity index (χ1n) is 2.36. The SMILES string of the molecule is COC(=O)C(C)(C)N.O. The largest absolute Gasteiger partial charge is 0.468 e. The lowest BCUT2D eigenvalue weighted by Gasteiger charge is -2.13. The van der Waals surface area contributed by atoms with Crippen LogP contribution in [0.3, 0.4) is 0 Å². The van der Waals surface area contributed by atoms with E-state index in [1.54, 1.807) is 13.8 Å². The number of hydrogen-bond acceptors (Lipinski definition) is 3. The summed E-state index contributed by atoms with van der Waals surface area (Å²) in [6.07, 6.45) is 0. The molecular weight excluding hydrogens is 122 g/mol. The van der Waals surface area contributed by atoms with Crippen molar-refractivity contribution in [2.45, 2.75) is 19.4 Å². The maximum atomic E-state index is 10.5. The van der Waals surface area contributed by atoms with Crippen LogP contribution in [0.5, 0.6) is 0 Å². The molecular formula is C5H13NO3. The Bertz CT molecular complexity index is 94.9. The minimum atomic E-state index is -0.852. The molecule has 0 radical (unpaired) electrons. The molecule has 0 unspecified atom stereocenters. The highest BCUT2D eigenvalue weighted by molar-refractivity contribution is 5.79. The number of ether oxygens (including phenoxy) is 1. The fourth-order valence-electron chi connectivity index (χ4n) is 0.263. The lowest BCUT2D eigenvalue weighted by atomic mass is 10.1. The first kappa shape index (κ1) is 11.2. The summed E-state index contributed by atoms with van der Waals surface area (Å²) in [7, 11) is 1.32. The molecule has 0 saturated heterocycles. The average Bonchev–Trinajstić information content (AvgIpc) is 1.62. The highest BCUT2D eigenvalue weighted by atomic mass is 16.5. The van der Waals surface area contributed by atoms with Gasteiger partial charge in [-0.25, -0.2) is 0 Å². The molecule has 0 fully saturated rings. The fraction of sp³-hybridized carbons (Fsp3) is 0.800. The number of rotatable bonds is 1. The van der Waals surface area contributed by atoms with Gasteiger partial charge in [-0.1, -0.05) is 0 Å². The summed E-state index contributed by atoms with van der Waals surface area (Å²) in [6.45, 7) is 3.19. The fourth-order valence-corrected chi connectivity index (χ4v) is 0.263. The van der Waals surface area contributed by atoms with E-state index in [-0.39, 0.29) is 5.48 Å². The third kappa shape index (κ3) is 3.93. The summed E-state index contributed by atoms with van der Waals surface area (Å²) >= 11 is 0. The Morgan fingerprint density at radius 3 is 1.89 bits per heavy atom. The Morgan fingerprint density at radius 1 is 1.56 bits per heavy atom. The van der Waals surface area contributed by atoms with Gasteiger partial charge in [0, 0.05) is 0 Å². The molecule has 4 N–H and O–H groups in total. The normalized spacial score (nSPS) is 9.78. The van der Waals surface area contributed by atoms with Crippen molar-refractivity contribution in [3.63, 3.8) is 0 Å². The van der Waals surface area contributed by atoms with Gasteiger partial charge in [0.25, 0.3) is 0 Å². The monoisotopic (exact) mass is 135 g/mol. The van der Waals surface area contributed by atoms with E-state index >= 15 is 0 Å². The summed E-state index contributed by atoms with van der Waals surface area (Å²) < 4.78 is 4.35. The van der Waals surface area contributed by atoms with Crippen LogP contribution in [-0.2, 0) is 9.53 Å². The molecule has 0 aliphatic rings. The average molecular weight is 135 g/mol. The predicted octanol–water partition coefficient (Wildman–Crippen LogP) is -0.928. The molecule has 0 amide bonds. The Balaban J connectivity index is 0. The van der Waals surface area contributed by atoms with Gasteiger partial charge in [-0.3, -0.25) is 4.79 Å². The molecule has 0 bridgehead atoms. The second kappa shape index (κ2) is 3.42. The van der Waals surface area contributed by atoms with E-state index in [9.17, 15) is 4.79 Å². The first-order chi connectivity index (χ1) is 3.48. The molecule has 0 aliphatic heterocycles. The molecule has 4 heteroatoms. The van der Waals surface area contributed by atoms with Crippen LogP contribution < -0.4 is 5.73 Å². The predicted molar refractivity (Wildman–Crippen MR) is 33.9 cm³/mol. The van der Waals surface area contributed by atoms with Crippen molar-refractivity contribution in [3.8, 4) is 0 Å². The quantitative estimate of drug-likeness (QED) is 0.471.